The molecule has 0 unspecified atom stereocenters. The number of rotatable bonds is 7. The molecule has 116 valence electrons. The summed E-state index contributed by atoms with van der Waals surface area (Å²) in [6.07, 6.45) is 12.5. The van der Waals surface area contributed by atoms with Gasteiger partial charge in [0.1, 0.15) is 5.71 Å². The average Bonchev–Trinajstić information content (AvgIpc) is 2.68. The van der Waals surface area contributed by atoms with Crippen molar-refractivity contribution in [2.24, 2.45) is 0 Å². The van der Waals surface area contributed by atoms with Crippen molar-refractivity contribution in [3.63, 3.8) is 0 Å². The number of nitrogens with one attached hydrogen (secondary N) is 3. The summed E-state index contributed by atoms with van der Waals surface area (Å²) in [7, 11) is 1.65. The van der Waals surface area contributed by atoms with Crippen LogP contribution in [-0.2, 0) is 9.59 Å². The van der Waals surface area contributed by atoms with Gasteiger partial charge in [-0.3, -0.25) is 15.0 Å². The van der Waals surface area contributed by atoms with Gasteiger partial charge in [0, 0.05) is 37.1 Å². The minimum atomic E-state index is -0.598. The van der Waals surface area contributed by atoms with E-state index in [0.29, 0.717) is 0 Å². The highest BCUT2D eigenvalue weighted by atomic mass is 16.1. The van der Waals surface area contributed by atoms with Crippen molar-refractivity contribution in [1.82, 2.24) is 10.6 Å². The third-order valence-corrected chi connectivity index (χ3v) is 3.77. The fourth-order valence-electron chi connectivity index (χ4n) is 2.42. The molecule has 0 amide bonds. The first-order valence-electron chi connectivity index (χ1n) is 7.44. The van der Waals surface area contributed by atoms with Crippen molar-refractivity contribution in [3.8, 4) is 0 Å². The molecule has 21 heavy (non-hydrogen) atoms. The molecule has 0 aromatic carbocycles. The summed E-state index contributed by atoms with van der Waals surface area (Å²) in [5.74, 6) is -1.18. The lowest BCUT2D eigenvalue weighted by molar-refractivity contribution is -0.112. The van der Waals surface area contributed by atoms with E-state index in [1.54, 1.807) is 13.2 Å². The number of ketones is 2. The normalized spacial score (nSPS) is 18.4. The molecule has 1 aliphatic carbocycles. The number of allylic oxidation sites excluding steroid dienone is 2. The maximum Gasteiger partial charge on any atom is 0.208 e. The van der Waals surface area contributed by atoms with Crippen LogP contribution in [0.1, 0.15) is 45.4 Å². The number of hydrogen-bond acceptors (Lipinski definition) is 5. The zero-order valence-corrected chi connectivity index (χ0v) is 12.9. The van der Waals surface area contributed by atoms with Gasteiger partial charge in [0.05, 0.1) is 0 Å². The Hall–Kier alpha value is -1.91. The molecule has 0 atom stereocenters. The van der Waals surface area contributed by atoms with Crippen LogP contribution in [0.25, 0.3) is 0 Å². The Morgan fingerprint density at radius 3 is 2.05 bits per heavy atom. The van der Waals surface area contributed by atoms with E-state index in [1.165, 1.54) is 44.0 Å². The average molecular weight is 291 g/mol. The quantitative estimate of drug-likeness (QED) is 0.290. The highest BCUT2D eigenvalue weighted by Gasteiger charge is 2.23. The molecule has 0 saturated heterocycles. The van der Waals surface area contributed by atoms with Crippen LogP contribution in [0.2, 0.25) is 0 Å². The first kappa shape index (κ1) is 17.1. The number of carbonyl (C=O) groups is 2. The molecule has 1 fully saturated rings. The maximum absolute atomic E-state index is 11.7. The lowest BCUT2D eigenvalue weighted by Gasteiger charge is -2.28. The van der Waals surface area contributed by atoms with Crippen molar-refractivity contribution in [2.45, 2.75) is 51.0 Å². The fourth-order valence-corrected chi connectivity index (χ4v) is 2.42. The summed E-state index contributed by atoms with van der Waals surface area (Å²) in [5.41, 5.74) is -0.517. The first-order chi connectivity index (χ1) is 9.98. The molecule has 0 radical (unpaired) electrons. The molecule has 0 heterocycles. The lowest BCUT2D eigenvalue weighted by Crippen LogP contribution is -2.38. The van der Waals surface area contributed by atoms with Gasteiger partial charge in [0.15, 0.2) is 0 Å². The van der Waals surface area contributed by atoms with Crippen LogP contribution in [0.5, 0.6) is 0 Å². The van der Waals surface area contributed by atoms with Gasteiger partial charge in [0.2, 0.25) is 11.6 Å². The van der Waals surface area contributed by atoms with Gasteiger partial charge in [-0.25, -0.2) is 0 Å². The van der Waals surface area contributed by atoms with Gasteiger partial charge in [-0.15, -0.1) is 0 Å². The van der Waals surface area contributed by atoms with Gasteiger partial charge < -0.3 is 10.6 Å². The van der Waals surface area contributed by atoms with Crippen LogP contribution in [0.3, 0.4) is 0 Å². The third kappa shape index (κ3) is 5.94. The van der Waals surface area contributed by atoms with E-state index in [-0.39, 0.29) is 5.54 Å². The summed E-state index contributed by atoms with van der Waals surface area (Å²) in [6, 6.07) is 0. The third-order valence-electron chi connectivity index (χ3n) is 3.77. The van der Waals surface area contributed by atoms with Gasteiger partial charge >= 0.3 is 0 Å². The molecule has 1 rings (SSSR count). The van der Waals surface area contributed by atoms with E-state index in [0.717, 1.165) is 12.8 Å². The molecule has 0 bridgehead atoms. The number of carbonyl (C=O) groups excluding carboxylic acids is 2. The molecular weight excluding hydrogens is 266 g/mol. The molecule has 1 aliphatic rings. The SMILES string of the molecule is CN/C=C/C(=O)C(=N)C(=O)/C=C\NC1(C)CCCCCC1. The van der Waals surface area contributed by atoms with Gasteiger partial charge in [-0.05, 0) is 19.8 Å². The fraction of sp³-hybridized carbons (Fsp3) is 0.562. The summed E-state index contributed by atoms with van der Waals surface area (Å²) in [6.45, 7) is 2.15. The minimum Gasteiger partial charge on any atom is -0.394 e. The Labute approximate surface area is 126 Å². The minimum absolute atomic E-state index is 0.00547. The van der Waals surface area contributed by atoms with Gasteiger partial charge in [0.25, 0.3) is 0 Å². The van der Waals surface area contributed by atoms with Crippen LogP contribution in [0, 0.1) is 5.41 Å². The molecule has 0 aliphatic heterocycles. The second-order valence-electron chi connectivity index (χ2n) is 5.68. The lowest BCUT2D eigenvalue weighted by atomic mass is 9.93. The molecule has 1 saturated carbocycles. The van der Waals surface area contributed by atoms with Crippen molar-refractivity contribution in [2.75, 3.05) is 7.05 Å². The molecule has 0 aromatic rings. The largest absolute Gasteiger partial charge is 0.394 e. The van der Waals surface area contributed by atoms with Gasteiger partial charge in [-0.1, -0.05) is 25.7 Å². The Balaban J connectivity index is 2.51. The van der Waals surface area contributed by atoms with E-state index < -0.39 is 17.3 Å². The molecule has 3 N–H and O–H groups in total. The highest BCUT2D eigenvalue weighted by molar-refractivity contribution is 6.69. The van der Waals surface area contributed by atoms with Crippen LogP contribution < -0.4 is 10.6 Å². The highest BCUT2D eigenvalue weighted by Crippen LogP contribution is 2.26. The standard InChI is InChI=1S/C16H25N3O2/c1-16(9-5-3-4-6-10-16)19-12-8-14(21)15(17)13(20)7-11-18-2/h7-8,11-12,17-19H,3-6,9-10H2,1-2H3/b11-7+,12-8-,17-15?. The summed E-state index contributed by atoms with van der Waals surface area (Å²) < 4.78 is 0. The number of hydrogen-bond donors (Lipinski definition) is 3. The van der Waals surface area contributed by atoms with Gasteiger partial charge in [-0.2, -0.15) is 0 Å². The summed E-state index contributed by atoms with van der Waals surface area (Å²) in [5, 5.41) is 13.4. The Morgan fingerprint density at radius 1 is 1.00 bits per heavy atom. The Kier molecular flexibility index (Phi) is 6.85. The maximum atomic E-state index is 11.7. The molecule has 0 spiro atoms. The van der Waals surface area contributed by atoms with Crippen molar-refractivity contribution < 1.29 is 9.59 Å². The van der Waals surface area contributed by atoms with E-state index in [2.05, 4.69) is 17.6 Å². The second-order valence-corrected chi connectivity index (χ2v) is 5.68. The van der Waals surface area contributed by atoms with Crippen LogP contribution in [-0.4, -0.2) is 29.9 Å². The predicted molar refractivity (Wildman–Crippen MR) is 84.3 cm³/mol. The van der Waals surface area contributed by atoms with Crippen LogP contribution in [0.4, 0.5) is 0 Å². The summed E-state index contributed by atoms with van der Waals surface area (Å²) >= 11 is 0. The van der Waals surface area contributed by atoms with Crippen molar-refractivity contribution in [3.05, 3.63) is 24.6 Å². The second kappa shape index (κ2) is 8.39. The van der Waals surface area contributed by atoms with Crippen molar-refractivity contribution >= 4 is 17.3 Å². The van der Waals surface area contributed by atoms with E-state index >= 15 is 0 Å². The molecular formula is C16H25N3O2. The monoisotopic (exact) mass is 291 g/mol. The van der Waals surface area contributed by atoms with Crippen LogP contribution >= 0.6 is 0 Å². The smallest absolute Gasteiger partial charge is 0.208 e. The zero-order valence-electron chi connectivity index (χ0n) is 12.9. The van der Waals surface area contributed by atoms with E-state index in [1.807, 2.05) is 0 Å². The summed E-state index contributed by atoms with van der Waals surface area (Å²) in [4.78, 5) is 23.2. The Bertz CT molecular complexity index is 444. The molecule has 5 nitrogen and oxygen atoms in total. The zero-order chi connectivity index (χ0) is 15.7. The Morgan fingerprint density at radius 2 is 1.52 bits per heavy atom. The van der Waals surface area contributed by atoms with Crippen molar-refractivity contribution in [1.29, 1.82) is 5.41 Å². The van der Waals surface area contributed by atoms with E-state index in [9.17, 15) is 9.59 Å². The van der Waals surface area contributed by atoms with Crippen LogP contribution in [0.15, 0.2) is 24.6 Å². The predicted octanol–water partition coefficient (Wildman–Crippen LogP) is 2.09. The topological polar surface area (TPSA) is 82.1 Å². The van der Waals surface area contributed by atoms with E-state index in [4.69, 9.17) is 5.41 Å². The molecule has 5 heteroatoms. The molecule has 0 aromatic heterocycles. The first-order valence-corrected chi connectivity index (χ1v) is 7.44.